The summed E-state index contributed by atoms with van der Waals surface area (Å²) < 4.78 is 5.63. The zero-order valence-electron chi connectivity index (χ0n) is 11.1. The molecule has 3 heteroatoms. The zero-order valence-corrected chi connectivity index (χ0v) is 11.1. The molecule has 0 aromatic heterocycles. The number of piperidine rings is 1. The van der Waals surface area contributed by atoms with E-state index in [0.717, 1.165) is 31.7 Å². The van der Waals surface area contributed by atoms with Gasteiger partial charge in [0.1, 0.15) is 5.75 Å². The maximum Gasteiger partial charge on any atom is 0.119 e. The third-order valence-electron chi connectivity index (χ3n) is 3.25. The van der Waals surface area contributed by atoms with E-state index in [9.17, 15) is 0 Å². The lowest BCUT2D eigenvalue weighted by Gasteiger charge is -2.31. The molecule has 18 heavy (non-hydrogen) atoms. The minimum Gasteiger partial charge on any atom is -0.491 e. The van der Waals surface area contributed by atoms with E-state index in [1.165, 1.54) is 5.69 Å². The molecule has 0 amide bonds. The Hall–Kier alpha value is -1.69. The van der Waals surface area contributed by atoms with E-state index in [4.69, 9.17) is 10.00 Å². The number of nitriles is 1. The van der Waals surface area contributed by atoms with Crippen molar-refractivity contribution in [3.8, 4) is 11.8 Å². The van der Waals surface area contributed by atoms with E-state index in [-0.39, 0.29) is 12.0 Å². The van der Waals surface area contributed by atoms with Crippen molar-refractivity contribution in [2.24, 2.45) is 5.92 Å². The van der Waals surface area contributed by atoms with Crippen LogP contribution in [0.25, 0.3) is 0 Å². The highest BCUT2D eigenvalue weighted by Gasteiger charge is 2.18. The second-order valence-electron chi connectivity index (χ2n) is 5.05. The van der Waals surface area contributed by atoms with Gasteiger partial charge in [0.25, 0.3) is 0 Å². The minimum atomic E-state index is 0.210. The van der Waals surface area contributed by atoms with Crippen molar-refractivity contribution in [1.29, 1.82) is 5.26 Å². The van der Waals surface area contributed by atoms with Crippen molar-refractivity contribution in [3.63, 3.8) is 0 Å². The van der Waals surface area contributed by atoms with E-state index in [2.05, 4.69) is 23.1 Å². The van der Waals surface area contributed by atoms with Gasteiger partial charge >= 0.3 is 0 Å². The monoisotopic (exact) mass is 244 g/mol. The first-order valence-corrected chi connectivity index (χ1v) is 6.60. The Kier molecular flexibility index (Phi) is 4.09. The molecule has 0 unspecified atom stereocenters. The minimum absolute atomic E-state index is 0.210. The topological polar surface area (TPSA) is 36.3 Å². The summed E-state index contributed by atoms with van der Waals surface area (Å²) >= 11 is 0. The van der Waals surface area contributed by atoms with Crippen molar-refractivity contribution < 1.29 is 4.74 Å². The number of nitrogens with zero attached hydrogens (tertiary/aromatic N) is 2. The van der Waals surface area contributed by atoms with Crippen LogP contribution in [-0.2, 0) is 0 Å². The van der Waals surface area contributed by atoms with Gasteiger partial charge in [0.2, 0.25) is 0 Å². The Balaban J connectivity index is 1.96. The van der Waals surface area contributed by atoms with Gasteiger partial charge in [-0.3, -0.25) is 0 Å². The fraction of sp³-hybridized carbons (Fsp3) is 0.533. The van der Waals surface area contributed by atoms with Crippen LogP contribution in [0.4, 0.5) is 5.69 Å². The molecule has 0 saturated carbocycles. The molecule has 0 aliphatic carbocycles. The van der Waals surface area contributed by atoms with Crippen LogP contribution in [0.1, 0.15) is 26.7 Å². The van der Waals surface area contributed by atoms with Crippen molar-refractivity contribution in [2.45, 2.75) is 32.8 Å². The number of hydrogen-bond donors (Lipinski definition) is 0. The number of ether oxygens (including phenoxy) is 1. The first-order valence-electron chi connectivity index (χ1n) is 6.60. The van der Waals surface area contributed by atoms with Gasteiger partial charge in [0.05, 0.1) is 12.2 Å². The zero-order chi connectivity index (χ0) is 13.0. The lowest BCUT2D eigenvalue weighted by atomic mass is 9.98. The number of benzene rings is 1. The van der Waals surface area contributed by atoms with Crippen LogP contribution in [-0.4, -0.2) is 19.2 Å². The van der Waals surface area contributed by atoms with Crippen molar-refractivity contribution >= 4 is 5.69 Å². The van der Waals surface area contributed by atoms with Gasteiger partial charge in [-0.25, -0.2) is 0 Å². The summed E-state index contributed by atoms with van der Waals surface area (Å²) in [5.41, 5.74) is 1.22. The lowest BCUT2D eigenvalue weighted by molar-refractivity contribution is 0.242. The molecule has 1 aromatic carbocycles. The smallest absolute Gasteiger partial charge is 0.119 e. The van der Waals surface area contributed by atoms with Crippen LogP contribution >= 0.6 is 0 Å². The molecule has 0 bridgehead atoms. The molecular formula is C15H20N2O. The van der Waals surface area contributed by atoms with Gasteiger partial charge in [0.15, 0.2) is 0 Å². The third-order valence-corrected chi connectivity index (χ3v) is 3.25. The van der Waals surface area contributed by atoms with Crippen LogP contribution in [0.5, 0.6) is 5.75 Å². The lowest BCUT2D eigenvalue weighted by Crippen LogP contribution is -2.33. The standard InChI is InChI=1S/C15H20N2O/c1-12(2)18-15-5-3-14(4-6-15)17-9-7-13(11-16)8-10-17/h3-6,12-13H,7-10H2,1-2H3. The van der Waals surface area contributed by atoms with E-state index in [0.29, 0.717) is 0 Å². The van der Waals surface area contributed by atoms with Gasteiger partial charge in [-0.2, -0.15) is 5.26 Å². The highest BCUT2D eigenvalue weighted by molar-refractivity contribution is 5.49. The van der Waals surface area contributed by atoms with E-state index in [1.54, 1.807) is 0 Å². The van der Waals surface area contributed by atoms with E-state index < -0.39 is 0 Å². The average molecular weight is 244 g/mol. The summed E-state index contributed by atoms with van der Waals surface area (Å²) in [6.45, 7) is 6.01. The van der Waals surface area contributed by atoms with Gasteiger partial charge in [-0.1, -0.05) is 0 Å². The molecule has 1 aliphatic rings. The number of rotatable bonds is 3. The van der Waals surface area contributed by atoms with E-state index in [1.807, 2.05) is 26.0 Å². The summed E-state index contributed by atoms with van der Waals surface area (Å²) in [4.78, 5) is 2.34. The fourth-order valence-corrected chi connectivity index (χ4v) is 2.27. The maximum atomic E-state index is 8.88. The molecule has 96 valence electrons. The van der Waals surface area contributed by atoms with Gasteiger partial charge < -0.3 is 9.64 Å². The summed E-state index contributed by atoms with van der Waals surface area (Å²) in [6, 6.07) is 10.6. The molecule has 3 nitrogen and oxygen atoms in total. The van der Waals surface area contributed by atoms with Crippen LogP contribution in [0.2, 0.25) is 0 Å². The summed E-state index contributed by atoms with van der Waals surface area (Å²) in [6.07, 6.45) is 2.16. The predicted molar refractivity (Wildman–Crippen MR) is 72.8 cm³/mol. The highest BCUT2D eigenvalue weighted by Crippen LogP contribution is 2.25. The van der Waals surface area contributed by atoms with Crippen LogP contribution < -0.4 is 9.64 Å². The molecule has 1 saturated heterocycles. The average Bonchev–Trinajstić information content (AvgIpc) is 2.39. The first-order chi connectivity index (χ1) is 8.69. The maximum absolute atomic E-state index is 8.88. The first kappa shape index (κ1) is 12.8. The number of anilines is 1. The largest absolute Gasteiger partial charge is 0.491 e. The Bertz CT molecular complexity index is 411. The molecule has 0 atom stereocenters. The molecule has 0 spiro atoms. The van der Waals surface area contributed by atoms with Crippen molar-refractivity contribution in [1.82, 2.24) is 0 Å². The second kappa shape index (κ2) is 5.77. The molecule has 0 N–H and O–H groups in total. The number of hydrogen-bond acceptors (Lipinski definition) is 3. The van der Waals surface area contributed by atoms with Crippen LogP contribution in [0, 0.1) is 17.2 Å². The Morgan fingerprint density at radius 1 is 1.22 bits per heavy atom. The molecule has 1 heterocycles. The fourth-order valence-electron chi connectivity index (χ4n) is 2.27. The summed E-state index contributed by atoms with van der Waals surface area (Å²) in [7, 11) is 0. The summed E-state index contributed by atoms with van der Waals surface area (Å²) in [5, 5.41) is 8.88. The second-order valence-corrected chi connectivity index (χ2v) is 5.05. The Labute approximate surface area is 109 Å². The van der Waals surface area contributed by atoms with E-state index >= 15 is 0 Å². The molecule has 0 radical (unpaired) electrons. The summed E-state index contributed by atoms with van der Waals surface area (Å²) in [5.74, 6) is 1.16. The molecule has 1 aliphatic heterocycles. The Morgan fingerprint density at radius 3 is 2.33 bits per heavy atom. The molecule has 2 rings (SSSR count). The molecule has 1 aromatic rings. The third kappa shape index (κ3) is 3.16. The van der Waals surface area contributed by atoms with Gasteiger partial charge in [-0.15, -0.1) is 0 Å². The normalized spacial score (nSPS) is 16.7. The van der Waals surface area contributed by atoms with Crippen molar-refractivity contribution in [2.75, 3.05) is 18.0 Å². The highest BCUT2D eigenvalue weighted by atomic mass is 16.5. The Morgan fingerprint density at radius 2 is 1.83 bits per heavy atom. The van der Waals surface area contributed by atoms with Crippen molar-refractivity contribution in [3.05, 3.63) is 24.3 Å². The predicted octanol–water partition coefficient (Wildman–Crippen LogP) is 3.21. The van der Waals surface area contributed by atoms with Gasteiger partial charge in [-0.05, 0) is 51.0 Å². The van der Waals surface area contributed by atoms with Gasteiger partial charge in [0, 0.05) is 24.7 Å². The molecule has 1 fully saturated rings. The van der Waals surface area contributed by atoms with Crippen LogP contribution in [0.3, 0.4) is 0 Å². The SMILES string of the molecule is CC(C)Oc1ccc(N2CCC(C#N)CC2)cc1. The quantitative estimate of drug-likeness (QED) is 0.819. The molecular weight excluding hydrogens is 224 g/mol. The van der Waals surface area contributed by atoms with Crippen LogP contribution in [0.15, 0.2) is 24.3 Å².